The maximum atomic E-state index is 4.87. The molecule has 0 N–H and O–H groups in total. The quantitative estimate of drug-likeness (QED) is 0.680. The van der Waals surface area contributed by atoms with E-state index in [9.17, 15) is 0 Å². The monoisotopic (exact) mass is 377 g/mol. The first kappa shape index (κ1) is 14.1. The van der Waals surface area contributed by atoms with E-state index in [0.717, 1.165) is 45.0 Å². The average molecular weight is 378 g/mol. The van der Waals surface area contributed by atoms with Crippen molar-refractivity contribution in [1.82, 2.24) is 19.7 Å². The van der Waals surface area contributed by atoms with Crippen molar-refractivity contribution >= 4 is 43.4 Å². The van der Waals surface area contributed by atoms with Gasteiger partial charge in [-0.1, -0.05) is 0 Å². The number of halogens is 1. The van der Waals surface area contributed by atoms with Gasteiger partial charge < -0.3 is 4.90 Å². The SMILES string of the molecule is Cn1cc(-c2nc(N3CCCCC3)nc3c(Br)csc23)cn1. The molecule has 0 atom stereocenters. The third-order valence-electron chi connectivity index (χ3n) is 3.98. The normalized spacial score (nSPS) is 15.6. The highest BCUT2D eigenvalue weighted by Gasteiger charge is 2.19. The van der Waals surface area contributed by atoms with Crippen LogP contribution in [-0.4, -0.2) is 32.8 Å². The minimum atomic E-state index is 0.838. The molecule has 0 aromatic carbocycles. The van der Waals surface area contributed by atoms with E-state index in [2.05, 4.69) is 31.3 Å². The number of hydrogen-bond donors (Lipinski definition) is 0. The molecule has 4 heterocycles. The zero-order chi connectivity index (χ0) is 15.1. The van der Waals surface area contributed by atoms with Crippen LogP contribution in [0.15, 0.2) is 22.2 Å². The lowest BCUT2D eigenvalue weighted by Gasteiger charge is -2.27. The second-order valence-electron chi connectivity index (χ2n) is 5.58. The molecule has 0 saturated carbocycles. The number of rotatable bonds is 2. The van der Waals surface area contributed by atoms with Gasteiger partial charge in [-0.3, -0.25) is 4.68 Å². The Morgan fingerprint density at radius 2 is 2.00 bits per heavy atom. The first-order chi connectivity index (χ1) is 10.7. The Morgan fingerprint density at radius 3 is 2.73 bits per heavy atom. The molecule has 3 aromatic rings. The lowest BCUT2D eigenvalue weighted by molar-refractivity contribution is 0.569. The van der Waals surface area contributed by atoms with Crippen LogP contribution < -0.4 is 4.90 Å². The second-order valence-corrected chi connectivity index (χ2v) is 7.32. The van der Waals surface area contributed by atoms with E-state index < -0.39 is 0 Å². The Labute approximate surface area is 141 Å². The van der Waals surface area contributed by atoms with Crippen molar-refractivity contribution < 1.29 is 0 Å². The minimum Gasteiger partial charge on any atom is -0.341 e. The maximum absolute atomic E-state index is 4.87. The van der Waals surface area contributed by atoms with E-state index in [1.54, 1.807) is 11.3 Å². The van der Waals surface area contributed by atoms with Crippen LogP contribution in [0.3, 0.4) is 0 Å². The van der Waals surface area contributed by atoms with Crippen LogP contribution in [0.25, 0.3) is 21.5 Å². The second kappa shape index (κ2) is 5.62. The van der Waals surface area contributed by atoms with Crippen molar-refractivity contribution in [1.29, 1.82) is 0 Å². The van der Waals surface area contributed by atoms with Crippen LogP contribution in [0.4, 0.5) is 5.95 Å². The molecule has 1 saturated heterocycles. The predicted octanol–water partition coefficient (Wildman–Crippen LogP) is 3.84. The third kappa shape index (κ3) is 2.42. The Balaban J connectivity index is 1.89. The number of piperidine rings is 1. The third-order valence-corrected chi connectivity index (χ3v) is 5.86. The first-order valence-electron chi connectivity index (χ1n) is 7.41. The summed E-state index contributed by atoms with van der Waals surface area (Å²) >= 11 is 5.29. The van der Waals surface area contributed by atoms with Crippen molar-refractivity contribution in [2.45, 2.75) is 19.3 Å². The summed E-state index contributed by atoms with van der Waals surface area (Å²) in [7, 11) is 1.93. The van der Waals surface area contributed by atoms with Crippen LogP contribution in [0.1, 0.15) is 19.3 Å². The van der Waals surface area contributed by atoms with E-state index in [4.69, 9.17) is 9.97 Å². The summed E-state index contributed by atoms with van der Waals surface area (Å²) in [6.45, 7) is 2.08. The van der Waals surface area contributed by atoms with Gasteiger partial charge in [0.05, 0.1) is 21.1 Å². The first-order valence-corrected chi connectivity index (χ1v) is 9.08. The number of hydrogen-bond acceptors (Lipinski definition) is 5. The van der Waals surface area contributed by atoms with Gasteiger partial charge in [-0.25, -0.2) is 9.97 Å². The summed E-state index contributed by atoms with van der Waals surface area (Å²) in [6, 6.07) is 0. The number of aromatic nitrogens is 4. The molecule has 0 radical (unpaired) electrons. The molecule has 0 unspecified atom stereocenters. The van der Waals surface area contributed by atoms with E-state index in [1.165, 1.54) is 19.3 Å². The molecule has 0 bridgehead atoms. The number of anilines is 1. The largest absolute Gasteiger partial charge is 0.341 e. The molecule has 0 aliphatic carbocycles. The Hall–Kier alpha value is -1.47. The van der Waals surface area contributed by atoms with Crippen molar-refractivity contribution in [3.05, 3.63) is 22.2 Å². The van der Waals surface area contributed by atoms with E-state index in [0.29, 0.717) is 0 Å². The molecule has 0 spiro atoms. The maximum Gasteiger partial charge on any atom is 0.226 e. The van der Waals surface area contributed by atoms with Crippen LogP contribution in [-0.2, 0) is 7.05 Å². The standard InChI is InChI=1S/C15H16BrN5S/c1-20-8-10(7-17-20)12-14-13(11(16)9-22-14)19-15(18-12)21-5-3-2-4-6-21/h7-9H,2-6H2,1H3. The van der Waals surface area contributed by atoms with Gasteiger partial charge in [0.15, 0.2) is 0 Å². The average Bonchev–Trinajstić information content (AvgIpc) is 3.14. The van der Waals surface area contributed by atoms with Crippen LogP contribution >= 0.6 is 27.3 Å². The molecular weight excluding hydrogens is 362 g/mol. The fraction of sp³-hybridized carbons (Fsp3) is 0.400. The molecular formula is C15H16BrN5S. The summed E-state index contributed by atoms with van der Waals surface area (Å²) in [6.07, 6.45) is 7.62. The Bertz CT molecular complexity index is 819. The van der Waals surface area contributed by atoms with Gasteiger partial charge in [-0.05, 0) is 35.2 Å². The Morgan fingerprint density at radius 1 is 1.18 bits per heavy atom. The molecule has 3 aromatic heterocycles. The number of fused-ring (bicyclic) bond motifs is 1. The highest BCUT2D eigenvalue weighted by Crippen LogP contribution is 2.36. The van der Waals surface area contributed by atoms with Crippen LogP contribution in [0, 0.1) is 0 Å². The topological polar surface area (TPSA) is 46.8 Å². The summed E-state index contributed by atoms with van der Waals surface area (Å²) in [5.74, 6) is 0.838. The highest BCUT2D eigenvalue weighted by molar-refractivity contribution is 9.10. The van der Waals surface area contributed by atoms with E-state index in [-0.39, 0.29) is 0 Å². The van der Waals surface area contributed by atoms with Crippen molar-refractivity contribution in [2.75, 3.05) is 18.0 Å². The Kier molecular flexibility index (Phi) is 3.62. The van der Waals surface area contributed by atoms with Crippen molar-refractivity contribution in [3.63, 3.8) is 0 Å². The number of thiophene rings is 1. The molecule has 1 aliphatic rings. The van der Waals surface area contributed by atoms with E-state index >= 15 is 0 Å². The van der Waals surface area contributed by atoms with Gasteiger partial charge in [-0.2, -0.15) is 5.10 Å². The van der Waals surface area contributed by atoms with Gasteiger partial charge in [0.25, 0.3) is 0 Å². The molecule has 4 rings (SSSR count). The van der Waals surface area contributed by atoms with Crippen molar-refractivity contribution in [3.8, 4) is 11.3 Å². The number of nitrogens with zero attached hydrogens (tertiary/aromatic N) is 5. The molecule has 5 nitrogen and oxygen atoms in total. The summed E-state index contributed by atoms with van der Waals surface area (Å²) < 4.78 is 3.96. The zero-order valence-electron chi connectivity index (χ0n) is 12.3. The summed E-state index contributed by atoms with van der Waals surface area (Å²) in [4.78, 5) is 12.0. The zero-order valence-corrected chi connectivity index (χ0v) is 14.7. The molecule has 0 amide bonds. The fourth-order valence-electron chi connectivity index (χ4n) is 2.85. The molecule has 114 valence electrons. The lowest BCUT2D eigenvalue weighted by atomic mass is 10.1. The fourth-order valence-corrected chi connectivity index (χ4v) is 4.43. The summed E-state index contributed by atoms with van der Waals surface area (Å²) in [5, 5.41) is 6.37. The van der Waals surface area contributed by atoms with Gasteiger partial charge in [0.1, 0.15) is 5.52 Å². The van der Waals surface area contributed by atoms with Crippen molar-refractivity contribution in [2.24, 2.45) is 7.05 Å². The van der Waals surface area contributed by atoms with Gasteiger partial charge in [-0.15, -0.1) is 11.3 Å². The van der Waals surface area contributed by atoms with Gasteiger partial charge in [0, 0.05) is 37.3 Å². The summed E-state index contributed by atoms with van der Waals surface area (Å²) in [5.41, 5.74) is 3.02. The molecule has 22 heavy (non-hydrogen) atoms. The van der Waals surface area contributed by atoms with Gasteiger partial charge in [0.2, 0.25) is 5.95 Å². The lowest BCUT2D eigenvalue weighted by Crippen LogP contribution is -2.31. The smallest absolute Gasteiger partial charge is 0.226 e. The van der Waals surface area contributed by atoms with Crippen LogP contribution in [0.5, 0.6) is 0 Å². The number of aryl methyl sites for hydroxylation is 1. The molecule has 1 aliphatic heterocycles. The van der Waals surface area contributed by atoms with Gasteiger partial charge >= 0.3 is 0 Å². The minimum absolute atomic E-state index is 0.838. The molecule has 1 fully saturated rings. The van der Waals surface area contributed by atoms with E-state index in [1.807, 2.05) is 24.1 Å². The highest BCUT2D eigenvalue weighted by atomic mass is 79.9. The predicted molar refractivity (Wildman–Crippen MR) is 93.4 cm³/mol. The van der Waals surface area contributed by atoms with Crippen LogP contribution in [0.2, 0.25) is 0 Å². The molecule has 7 heteroatoms.